The van der Waals surface area contributed by atoms with Gasteiger partial charge in [-0.05, 0) is 24.1 Å². The van der Waals surface area contributed by atoms with E-state index in [0.29, 0.717) is 23.5 Å². The normalized spacial score (nSPS) is 13.8. The number of rotatable bonds is 3. The number of aromatic nitrogens is 3. The molecule has 126 valence electrons. The molecule has 0 atom stereocenters. The number of nitrogens with one attached hydrogen (secondary N) is 1. The molecule has 0 unspecified atom stereocenters. The van der Waals surface area contributed by atoms with Crippen molar-refractivity contribution < 1.29 is 9.59 Å². The van der Waals surface area contributed by atoms with Gasteiger partial charge in [0.05, 0.1) is 0 Å². The molecule has 1 aliphatic rings. The van der Waals surface area contributed by atoms with Gasteiger partial charge >= 0.3 is 0 Å². The SMILES string of the molecule is O=C(CN1C(=O)CCc2ccccc21)Nc1nc2cc(Cl)ccn2n1. The third kappa shape index (κ3) is 3.06. The number of para-hydroxylation sites is 1. The summed E-state index contributed by atoms with van der Waals surface area (Å²) in [6.07, 6.45) is 2.75. The van der Waals surface area contributed by atoms with Crippen molar-refractivity contribution >= 4 is 40.7 Å². The third-order valence-electron chi connectivity index (χ3n) is 4.04. The van der Waals surface area contributed by atoms with Gasteiger partial charge in [-0.1, -0.05) is 29.8 Å². The summed E-state index contributed by atoms with van der Waals surface area (Å²) in [5, 5.41) is 7.33. The van der Waals surface area contributed by atoms with Crippen LogP contribution in [0.4, 0.5) is 11.6 Å². The van der Waals surface area contributed by atoms with Gasteiger partial charge in [0, 0.05) is 29.4 Å². The first-order valence-electron chi connectivity index (χ1n) is 7.80. The Kier molecular flexibility index (Phi) is 3.85. The van der Waals surface area contributed by atoms with Gasteiger partial charge in [-0.25, -0.2) is 4.52 Å². The average molecular weight is 356 g/mol. The molecule has 1 aromatic carbocycles. The molecule has 0 fully saturated rings. The number of fused-ring (bicyclic) bond motifs is 2. The minimum atomic E-state index is -0.355. The number of pyridine rings is 1. The Morgan fingerprint density at radius 3 is 2.96 bits per heavy atom. The summed E-state index contributed by atoms with van der Waals surface area (Å²) >= 11 is 5.91. The van der Waals surface area contributed by atoms with Crippen LogP contribution >= 0.6 is 11.6 Å². The van der Waals surface area contributed by atoms with Crippen molar-refractivity contribution in [2.45, 2.75) is 12.8 Å². The maximum Gasteiger partial charge on any atom is 0.249 e. The highest BCUT2D eigenvalue weighted by Gasteiger charge is 2.25. The number of anilines is 2. The van der Waals surface area contributed by atoms with E-state index in [0.717, 1.165) is 11.3 Å². The van der Waals surface area contributed by atoms with Crippen molar-refractivity contribution in [3.63, 3.8) is 0 Å². The van der Waals surface area contributed by atoms with Crippen LogP contribution in [0.15, 0.2) is 42.6 Å². The van der Waals surface area contributed by atoms with Crippen molar-refractivity contribution in [3.05, 3.63) is 53.2 Å². The minimum Gasteiger partial charge on any atom is -0.303 e. The van der Waals surface area contributed by atoms with Crippen LogP contribution in [0, 0.1) is 0 Å². The van der Waals surface area contributed by atoms with Gasteiger partial charge < -0.3 is 4.90 Å². The van der Waals surface area contributed by atoms with Crippen molar-refractivity contribution in [2.24, 2.45) is 0 Å². The number of benzene rings is 1. The van der Waals surface area contributed by atoms with E-state index < -0.39 is 0 Å². The number of nitrogens with zero attached hydrogens (tertiary/aromatic N) is 4. The molecule has 3 heterocycles. The van der Waals surface area contributed by atoms with E-state index in [-0.39, 0.29) is 24.3 Å². The Balaban J connectivity index is 1.52. The highest BCUT2D eigenvalue weighted by Crippen LogP contribution is 2.27. The largest absolute Gasteiger partial charge is 0.303 e. The topological polar surface area (TPSA) is 79.6 Å². The van der Waals surface area contributed by atoms with E-state index in [4.69, 9.17) is 11.6 Å². The van der Waals surface area contributed by atoms with E-state index in [1.807, 2.05) is 24.3 Å². The first-order chi connectivity index (χ1) is 12.1. The summed E-state index contributed by atoms with van der Waals surface area (Å²) in [6.45, 7) is -0.0772. The van der Waals surface area contributed by atoms with Gasteiger partial charge in [0.2, 0.25) is 17.8 Å². The highest BCUT2D eigenvalue weighted by atomic mass is 35.5. The van der Waals surface area contributed by atoms with Gasteiger partial charge in [-0.2, -0.15) is 4.98 Å². The smallest absolute Gasteiger partial charge is 0.249 e. The number of amides is 2. The molecule has 4 rings (SSSR count). The second kappa shape index (κ2) is 6.18. The number of hydrogen-bond donors (Lipinski definition) is 1. The molecule has 2 aromatic heterocycles. The molecule has 1 aliphatic heterocycles. The Hall–Kier alpha value is -2.93. The van der Waals surface area contributed by atoms with E-state index in [9.17, 15) is 9.59 Å². The summed E-state index contributed by atoms with van der Waals surface area (Å²) in [5.41, 5.74) is 2.38. The molecule has 0 spiro atoms. The molecule has 25 heavy (non-hydrogen) atoms. The van der Waals surface area contributed by atoms with Crippen LogP contribution in [0.5, 0.6) is 0 Å². The Bertz CT molecular complexity index is 984. The second-order valence-corrected chi connectivity index (χ2v) is 6.18. The standard InChI is InChI=1S/C17H14ClN5O2/c18-12-7-8-23-14(9-12)19-17(21-23)20-15(24)10-22-13-4-2-1-3-11(13)5-6-16(22)25/h1-4,7-9H,5-6,10H2,(H,20,21,24). The summed E-state index contributed by atoms with van der Waals surface area (Å²) in [4.78, 5) is 30.3. The molecule has 8 heteroatoms. The minimum absolute atomic E-state index is 0.0661. The second-order valence-electron chi connectivity index (χ2n) is 5.74. The summed E-state index contributed by atoms with van der Waals surface area (Å²) in [6, 6.07) is 10.9. The van der Waals surface area contributed by atoms with Crippen LogP contribution in [0.2, 0.25) is 5.02 Å². The lowest BCUT2D eigenvalue weighted by Gasteiger charge is -2.28. The molecule has 3 aromatic rings. The molecule has 1 N–H and O–H groups in total. The van der Waals surface area contributed by atoms with Crippen LogP contribution in [0.3, 0.4) is 0 Å². The quantitative estimate of drug-likeness (QED) is 0.781. The number of halogens is 1. The van der Waals surface area contributed by atoms with E-state index in [2.05, 4.69) is 15.4 Å². The summed E-state index contributed by atoms with van der Waals surface area (Å²) in [7, 11) is 0. The molecule has 0 radical (unpaired) electrons. The lowest BCUT2D eigenvalue weighted by Crippen LogP contribution is -2.41. The van der Waals surface area contributed by atoms with Gasteiger partial charge in [0.1, 0.15) is 6.54 Å². The average Bonchev–Trinajstić information content (AvgIpc) is 2.98. The predicted octanol–water partition coefficient (Wildman–Crippen LogP) is 2.30. The van der Waals surface area contributed by atoms with E-state index in [1.165, 1.54) is 9.42 Å². The number of hydrogen-bond acceptors (Lipinski definition) is 4. The van der Waals surface area contributed by atoms with Gasteiger partial charge in [0.15, 0.2) is 5.65 Å². The summed E-state index contributed by atoms with van der Waals surface area (Å²) < 4.78 is 1.52. The molecule has 0 saturated heterocycles. The number of aryl methyl sites for hydroxylation is 1. The van der Waals surface area contributed by atoms with Gasteiger partial charge in [-0.3, -0.25) is 14.9 Å². The molecule has 0 aliphatic carbocycles. The zero-order chi connectivity index (χ0) is 17.4. The van der Waals surface area contributed by atoms with Crippen molar-refractivity contribution in [1.82, 2.24) is 14.6 Å². The number of carbonyl (C=O) groups excluding carboxylic acids is 2. The predicted molar refractivity (Wildman–Crippen MR) is 93.7 cm³/mol. The monoisotopic (exact) mass is 355 g/mol. The van der Waals surface area contributed by atoms with Crippen molar-refractivity contribution in [1.29, 1.82) is 0 Å². The first kappa shape index (κ1) is 15.6. The Morgan fingerprint density at radius 2 is 2.08 bits per heavy atom. The molecule has 0 saturated carbocycles. The third-order valence-corrected chi connectivity index (χ3v) is 4.28. The summed E-state index contributed by atoms with van der Waals surface area (Å²) in [5.74, 6) is -0.249. The van der Waals surface area contributed by atoms with E-state index >= 15 is 0 Å². The lowest BCUT2D eigenvalue weighted by atomic mass is 10.0. The van der Waals surface area contributed by atoms with Crippen LogP contribution in [-0.2, 0) is 16.0 Å². The van der Waals surface area contributed by atoms with Crippen LogP contribution in [0.25, 0.3) is 5.65 Å². The zero-order valence-corrected chi connectivity index (χ0v) is 13.9. The highest BCUT2D eigenvalue weighted by molar-refractivity contribution is 6.30. The van der Waals surface area contributed by atoms with Gasteiger partial charge in [-0.15, -0.1) is 5.10 Å². The molecular formula is C17H14ClN5O2. The van der Waals surface area contributed by atoms with Crippen molar-refractivity contribution in [2.75, 3.05) is 16.8 Å². The Labute approximate surface area is 148 Å². The lowest BCUT2D eigenvalue weighted by molar-refractivity contribution is -0.121. The Morgan fingerprint density at radius 1 is 1.24 bits per heavy atom. The maximum atomic E-state index is 12.4. The fourth-order valence-corrected chi connectivity index (χ4v) is 3.04. The van der Waals surface area contributed by atoms with E-state index in [1.54, 1.807) is 18.3 Å². The van der Waals surface area contributed by atoms with Crippen LogP contribution in [0.1, 0.15) is 12.0 Å². The fraction of sp³-hybridized carbons (Fsp3) is 0.176. The molecule has 7 nitrogen and oxygen atoms in total. The maximum absolute atomic E-state index is 12.4. The fourth-order valence-electron chi connectivity index (χ4n) is 2.89. The van der Waals surface area contributed by atoms with Crippen LogP contribution in [-0.4, -0.2) is 33.0 Å². The van der Waals surface area contributed by atoms with Crippen LogP contribution < -0.4 is 10.2 Å². The van der Waals surface area contributed by atoms with Crippen molar-refractivity contribution in [3.8, 4) is 0 Å². The molecule has 0 bridgehead atoms. The molecular weight excluding hydrogens is 342 g/mol. The zero-order valence-electron chi connectivity index (χ0n) is 13.1. The van der Waals surface area contributed by atoms with Gasteiger partial charge in [0.25, 0.3) is 0 Å². The molecule has 2 amide bonds. The first-order valence-corrected chi connectivity index (χ1v) is 8.18. The number of carbonyl (C=O) groups is 2.